The van der Waals surface area contributed by atoms with Crippen molar-refractivity contribution in [3.05, 3.63) is 29.8 Å². The molecule has 2 rings (SSSR count). The molecule has 22 heavy (non-hydrogen) atoms. The molecule has 0 atom stereocenters. The molecule has 0 spiro atoms. The molecule has 2 amide bonds. The molecule has 1 saturated heterocycles. The average molecular weight is 321 g/mol. The van der Waals surface area contributed by atoms with Crippen molar-refractivity contribution < 1.29 is 9.59 Å². The topological polar surface area (TPSA) is 52.7 Å². The maximum atomic E-state index is 12.0. The summed E-state index contributed by atoms with van der Waals surface area (Å²) in [5, 5.41) is 2.95. The Hall–Kier alpha value is -1.53. The molecule has 1 aliphatic heterocycles. The van der Waals surface area contributed by atoms with Crippen LogP contribution in [-0.4, -0.2) is 67.1 Å². The van der Waals surface area contributed by atoms with Crippen LogP contribution in [0, 0.1) is 0 Å². The molecule has 1 aromatic rings. The van der Waals surface area contributed by atoms with Gasteiger partial charge in [-0.15, -0.1) is 11.8 Å². The summed E-state index contributed by atoms with van der Waals surface area (Å²) < 4.78 is 0. The maximum absolute atomic E-state index is 12.0. The minimum atomic E-state index is -0.0324. The zero-order valence-electron chi connectivity index (χ0n) is 13.2. The second-order valence-electron chi connectivity index (χ2n) is 5.33. The van der Waals surface area contributed by atoms with E-state index in [9.17, 15) is 9.59 Å². The average Bonchev–Trinajstić information content (AvgIpc) is 2.55. The summed E-state index contributed by atoms with van der Waals surface area (Å²) in [5.41, 5.74) is 0.694. The number of nitrogens with zero attached hydrogens (tertiary/aromatic N) is 2. The molecule has 1 heterocycles. The molecular formula is C16H23N3O2S. The number of rotatable bonds is 5. The number of hydrogen-bond donors (Lipinski definition) is 1. The molecule has 0 aromatic heterocycles. The summed E-state index contributed by atoms with van der Waals surface area (Å²) in [5.74, 6) is 0.108. The van der Waals surface area contributed by atoms with E-state index in [1.807, 2.05) is 35.4 Å². The zero-order chi connectivity index (χ0) is 15.9. The van der Waals surface area contributed by atoms with Gasteiger partial charge in [0.05, 0.1) is 0 Å². The molecule has 0 saturated carbocycles. The highest BCUT2D eigenvalue weighted by atomic mass is 32.2. The van der Waals surface area contributed by atoms with Gasteiger partial charge in [0.15, 0.2) is 0 Å². The van der Waals surface area contributed by atoms with Crippen molar-refractivity contribution in [3.8, 4) is 0 Å². The molecule has 0 bridgehead atoms. The van der Waals surface area contributed by atoms with E-state index in [1.165, 1.54) is 0 Å². The fourth-order valence-electron chi connectivity index (χ4n) is 2.46. The number of carbonyl (C=O) groups excluding carboxylic acids is 2. The Bertz CT molecular complexity index is 511. The summed E-state index contributed by atoms with van der Waals surface area (Å²) in [6.45, 7) is 6.36. The first-order valence-electron chi connectivity index (χ1n) is 7.50. The molecule has 1 fully saturated rings. The van der Waals surface area contributed by atoms with Gasteiger partial charge in [-0.25, -0.2) is 0 Å². The van der Waals surface area contributed by atoms with E-state index in [2.05, 4.69) is 10.2 Å². The van der Waals surface area contributed by atoms with Crippen LogP contribution >= 0.6 is 11.8 Å². The van der Waals surface area contributed by atoms with Gasteiger partial charge in [0.2, 0.25) is 5.91 Å². The highest BCUT2D eigenvalue weighted by molar-refractivity contribution is 7.98. The normalized spacial score (nSPS) is 15.6. The molecule has 1 aliphatic rings. The summed E-state index contributed by atoms with van der Waals surface area (Å²) in [6.07, 6.45) is 2.01. The SMILES string of the molecule is CSc1ccc(C(=O)NCCN2CCN(C(C)=O)CC2)cc1. The maximum Gasteiger partial charge on any atom is 0.251 e. The van der Waals surface area contributed by atoms with Crippen LogP contribution < -0.4 is 5.32 Å². The molecule has 5 nitrogen and oxygen atoms in total. The number of amides is 2. The fourth-order valence-corrected chi connectivity index (χ4v) is 2.87. The van der Waals surface area contributed by atoms with Gasteiger partial charge in [0.1, 0.15) is 0 Å². The molecule has 1 N–H and O–H groups in total. The van der Waals surface area contributed by atoms with Gasteiger partial charge in [0.25, 0.3) is 5.91 Å². The minimum Gasteiger partial charge on any atom is -0.351 e. The third-order valence-electron chi connectivity index (χ3n) is 3.88. The van der Waals surface area contributed by atoms with Crippen molar-refractivity contribution in [2.24, 2.45) is 0 Å². The van der Waals surface area contributed by atoms with Crippen molar-refractivity contribution in [2.75, 3.05) is 45.5 Å². The van der Waals surface area contributed by atoms with Crippen molar-refractivity contribution >= 4 is 23.6 Å². The second kappa shape index (κ2) is 8.19. The van der Waals surface area contributed by atoms with E-state index in [1.54, 1.807) is 18.7 Å². The highest BCUT2D eigenvalue weighted by Gasteiger charge is 2.18. The quantitative estimate of drug-likeness (QED) is 0.831. The minimum absolute atomic E-state index is 0.0324. The smallest absolute Gasteiger partial charge is 0.251 e. The van der Waals surface area contributed by atoms with Gasteiger partial charge in [0, 0.05) is 56.7 Å². The van der Waals surface area contributed by atoms with Gasteiger partial charge in [-0.2, -0.15) is 0 Å². The van der Waals surface area contributed by atoms with Crippen molar-refractivity contribution in [3.63, 3.8) is 0 Å². The van der Waals surface area contributed by atoms with Crippen LogP contribution in [0.3, 0.4) is 0 Å². The van der Waals surface area contributed by atoms with Crippen LogP contribution in [0.2, 0.25) is 0 Å². The largest absolute Gasteiger partial charge is 0.351 e. The van der Waals surface area contributed by atoms with E-state index in [0.29, 0.717) is 12.1 Å². The van der Waals surface area contributed by atoms with E-state index in [0.717, 1.165) is 37.6 Å². The summed E-state index contributed by atoms with van der Waals surface area (Å²) in [4.78, 5) is 28.6. The lowest BCUT2D eigenvalue weighted by Gasteiger charge is -2.34. The van der Waals surface area contributed by atoms with Crippen LogP contribution in [0.15, 0.2) is 29.2 Å². The number of thioether (sulfide) groups is 1. The van der Waals surface area contributed by atoms with Crippen molar-refractivity contribution in [1.29, 1.82) is 0 Å². The molecule has 0 radical (unpaired) electrons. The van der Waals surface area contributed by atoms with Crippen molar-refractivity contribution in [2.45, 2.75) is 11.8 Å². The first-order valence-corrected chi connectivity index (χ1v) is 8.73. The molecule has 120 valence electrons. The van der Waals surface area contributed by atoms with Crippen LogP contribution in [-0.2, 0) is 4.79 Å². The molecular weight excluding hydrogens is 298 g/mol. The molecule has 0 unspecified atom stereocenters. The second-order valence-corrected chi connectivity index (χ2v) is 6.21. The molecule has 0 aliphatic carbocycles. The molecule has 6 heteroatoms. The third kappa shape index (κ3) is 4.74. The summed E-state index contributed by atoms with van der Waals surface area (Å²) >= 11 is 1.66. The number of carbonyl (C=O) groups is 2. The number of piperazine rings is 1. The Morgan fingerprint density at radius 2 is 1.77 bits per heavy atom. The zero-order valence-corrected chi connectivity index (χ0v) is 14.0. The van der Waals surface area contributed by atoms with Crippen LogP contribution in [0.25, 0.3) is 0 Å². The van der Waals surface area contributed by atoms with Gasteiger partial charge in [-0.1, -0.05) is 0 Å². The van der Waals surface area contributed by atoms with Crippen LogP contribution in [0.4, 0.5) is 0 Å². The Labute approximate surface area is 136 Å². The first kappa shape index (κ1) is 16.8. The van der Waals surface area contributed by atoms with Crippen LogP contribution in [0.5, 0.6) is 0 Å². The Kier molecular flexibility index (Phi) is 6.27. The number of hydrogen-bond acceptors (Lipinski definition) is 4. The van der Waals surface area contributed by atoms with E-state index in [4.69, 9.17) is 0 Å². The lowest BCUT2D eigenvalue weighted by atomic mass is 10.2. The van der Waals surface area contributed by atoms with Crippen molar-refractivity contribution in [1.82, 2.24) is 15.1 Å². The Morgan fingerprint density at radius 1 is 1.14 bits per heavy atom. The number of benzene rings is 1. The monoisotopic (exact) mass is 321 g/mol. The van der Waals surface area contributed by atoms with Crippen LogP contribution in [0.1, 0.15) is 17.3 Å². The lowest BCUT2D eigenvalue weighted by Crippen LogP contribution is -2.49. The lowest BCUT2D eigenvalue weighted by molar-refractivity contribution is -0.130. The van der Waals surface area contributed by atoms with E-state index < -0.39 is 0 Å². The first-order chi connectivity index (χ1) is 10.6. The number of nitrogens with one attached hydrogen (secondary N) is 1. The van der Waals surface area contributed by atoms with Gasteiger partial charge in [-0.3, -0.25) is 14.5 Å². The summed E-state index contributed by atoms with van der Waals surface area (Å²) in [7, 11) is 0. The van der Waals surface area contributed by atoms with Gasteiger partial charge < -0.3 is 10.2 Å². The van der Waals surface area contributed by atoms with Gasteiger partial charge in [-0.05, 0) is 30.5 Å². The fraction of sp³-hybridized carbons (Fsp3) is 0.500. The Balaban J connectivity index is 1.70. The summed E-state index contributed by atoms with van der Waals surface area (Å²) in [6, 6.07) is 7.63. The van der Waals surface area contributed by atoms with Gasteiger partial charge >= 0.3 is 0 Å². The third-order valence-corrected chi connectivity index (χ3v) is 4.63. The van der Waals surface area contributed by atoms with E-state index in [-0.39, 0.29) is 11.8 Å². The van der Waals surface area contributed by atoms with E-state index >= 15 is 0 Å². The Morgan fingerprint density at radius 3 is 2.32 bits per heavy atom. The standard InChI is InChI=1S/C16H23N3O2S/c1-13(20)19-11-9-18(10-12-19)8-7-17-16(21)14-3-5-15(22-2)6-4-14/h3-6H,7-12H2,1-2H3,(H,17,21). The predicted octanol–water partition coefficient (Wildman–Crippen LogP) is 1.30. The molecule has 1 aromatic carbocycles. The highest BCUT2D eigenvalue weighted by Crippen LogP contribution is 2.14. The predicted molar refractivity (Wildman–Crippen MR) is 89.3 cm³/mol.